The highest BCUT2D eigenvalue weighted by Gasteiger charge is 2.48. The second-order valence-corrected chi connectivity index (χ2v) is 12.8. The average Bonchev–Trinajstić information content (AvgIpc) is 3.69. The largest absolute Gasteiger partial charge is 0.309 e. The normalized spacial score (nSPS) is 13.0. The van der Waals surface area contributed by atoms with E-state index in [2.05, 4.69) is 168 Å². The molecule has 0 saturated carbocycles. The van der Waals surface area contributed by atoms with Crippen LogP contribution in [0.25, 0.3) is 61.4 Å². The van der Waals surface area contributed by atoms with Gasteiger partial charge in [0.2, 0.25) is 0 Å². The number of nitrogens with zero attached hydrogens (tertiary/aromatic N) is 4. The predicted molar refractivity (Wildman–Crippen MR) is 202 cm³/mol. The molecule has 0 saturated heterocycles. The van der Waals surface area contributed by atoms with Gasteiger partial charge in [0.1, 0.15) is 5.41 Å². The summed E-state index contributed by atoms with van der Waals surface area (Å²) in [5.41, 5.74) is 10.4. The molecule has 0 spiro atoms. The zero-order valence-corrected chi connectivity index (χ0v) is 27.1. The third-order valence-electron chi connectivity index (χ3n) is 10.1. The van der Waals surface area contributed by atoms with E-state index in [9.17, 15) is 0 Å². The molecule has 1 aliphatic rings. The maximum atomic E-state index is 5.48. The molecule has 2 aromatic heterocycles. The standard InChI is InChI=1S/C46H30N4/c1-4-16-31(17-5-1)43-47-44(32-28-29-42-38(30-32)37-24-12-15-27-41(37)50(42)34-20-8-3-9-21-34)49-45(48-43)46(33-18-6-2-7-19-33)39-25-13-10-22-35(39)36-23-11-14-26-40(36)46/h1-30H. The average molecular weight is 639 g/mol. The molecule has 0 bridgehead atoms. The smallest absolute Gasteiger partial charge is 0.163 e. The van der Waals surface area contributed by atoms with Crippen molar-refractivity contribution in [2.45, 2.75) is 5.41 Å². The molecule has 0 unspecified atom stereocenters. The monoisotopic (exact) mass is 638 g/mol. The van der Waals surface area contributed by atoms with E-state index < -0.39 is 5.41 Å². The van der Waals surface area contributed by atoms with E-state index in [1.54, 1.807) is 0 Å². The Hall–Kier alpha value is -6.65. The first-order valence-corrected chi connectivity index (χ1v) is 17.0. The second-order valence-electron chi connectivity index (χ2n) is 12.8. The van der Waals surface area contributed by atoms with Gasteiger partial charge in [-0.3, -0.25) is 0 Å². The topological polar surface area (TPSA) is 43.6 Å². The van der Waals surface area contributed by atoms with Crippen LogP contribution in [0.1, 0.15) is 22.5 Å². The van der Waals surface area contributed by atoms with Crippen molar-refractivity contribution in [3.05, 3.63) is 205 Å². The lowest BCUT2D eigenvalue weighted by Gasteiger charge is -2.31. The SMILES string of the molecule is c1ccc(-c2nc(-c3ccc4c(c3)c3ccccc3n4-c3ccccc3)nc(C3(c4ccccc4)c4ccccc4-c4ccccc43)n2)cc1. The first kappa shape index (κ1) is 28.4. The van der Waals surface area contributed by atoms with E-state index in [-0.39, 0.29) is 0 Å². The molecule has 0 atom stereocenters. The van der Waals surface area contributed by atoms with Gasteiger partial charge in [-0.05, 0) is 64.2 Å². The van der Waals surface area contributed by atoms with Gasteiger partial charge in [-0.1, -0.05) is 146 Å². The minimum Gasteiger partial charge on any atom is -0.309 e. The molecular formula is C46H30N4. The summed E-state index contributed by atoms with van der Waals surface area (Å²) >= 11 is 0. The highest BCUT2D eigenvalue weighted by molar-refractivity contribution is 6.10. The molecule has 0 radical (unpaired) electrons. The van der Waals surface area contributed by atoms with Gasteiger partial charge in [0, 0.05) is 27.6 Å². The van der Waals surface area contributed by atoms with Gasteiger partial charge in [-0.15, -0.1) is 0 Å². The molecule has 0 fully saturated rings. The Labute approximate surface area is 290 Å². The van der Waals surface area contributed by atoms with Crippen molar-refractivity contribution >= 4 is 21.8 Å². The number of rotatable bonds is 5. The van der Waals surface area contributed by atoms with Crippen LogP contribution >= 0.6 is 0 Å². The quantitative estimate of drug-likeness (QED) is 0.188. The van der Waals surface area contributed by atoms with Crippen molar-refractivity contribution in [2.75, 3.05) is 0 Å². The maximum Gasteiger partial charge on any atom is 0.163 e. The first-order chi connectivity index (χ1) is 24.8. The molecule has 10 rings (SSSR count). The Kier molecular flexibility index (Phi) is 6.36. The Morgan fingerprint density at radius 2 is 0.940 bits per heavy atom. The van der Waals surface area contributed by atoms with Crippen LogP contribution in [0.5, 0.6) is 0 Å². The highest BCUT2D eigenvalue weighted by Crippen LogP contribution is 2.55. The summed E-state index contributed by atoms with van der Waals surface area (Å²) in [5, 5.41) is 2.34. The molecule has 1 aliphatic carbocycles. The van der Waals surface area contributed by atoms with Gasteiger partial charge in [-0.2, -0.15) is 0 Å². The van der Waals surface area contributed by atoms with Crippen molar-refractivity contribution in [1.82, 2.24) is 19.5 Å². The lowest BCUT2D eigenvalue weighted by Crippen LogP contribution is -2.31. The van der Waals surface area contributed by atoms with E-state index in [4.69, 9.17) is 15.0 Å². The molecule has 50 heavy (non-hydrogen) atoms. The molecular weight excluding hydrogens is 609 g/mol. The zero-order valence-electron chi connectivity index (χ0n) is 27.1. The van der Waals surface area contributed by atoms with Gasteiger partial charge in [0.15, 0.2) is 17.5 Å². The Morgan fingerprint density at radius 3 is 1.64 bits per heavy atom. The van der Waals surface area contributed by atoms with E-state index in [0.29, 0.717) is 17.5 Å². The molecule has 234 valence electrons. The van der Waals surface area contributed by atoms with Crippen molar-refractivity contribution < 1.29 is 0 Å². The van der Waals surface area contributed by atoms with Crippen LogP contribution in [0.4, 0.5) is 0 Å². The van der Waals surface area contributed by atoms with Crippen LogP contribution in [0.15, 0.2) is 182 Å². The molecule has 0 N–H and O–H groups in total. The summed E-state index contributed by atoms with van der Waals surface area (Å²) in [5.74, 6) is 2.00. The summed E-state index contributed by atoms with van der Waals surface area (Å²) in [7, 11) is 0. The zero-order chi connectivity index (χ0) is 33.1. The van der Waals surface area contributed by atoms with Gasteiger partial charge in [0.25, 0.3) is 0 Å². The van der Waals surface area contributed by atoms with E-state index >= 15 is 0 Å². The number of hydrogen-bond acceptors (Lipinski definition) is 3. The summed E-state index contributed by atoms with van der Waals surface area (Å²) in [6.45, 7) is 0. The molecule has 4 nitrogen and oxygen atoms in total. The minimum atomic E-state index is -0.747. The fraction of sp³-hybridized carbons (Fsp3) is 0.0217. The maximum absolute atomic E-state index is 5.48. The highest BCUT2D eigenvalue weighted by atomic mass is 15.1. The fourth-order valence-electron chi connectivity index (χ4n) is 7.96. The Bertz CT molecular complexity index is 2650. The van der Waals surface area contributed by atoms with Gasteiger partial charge in [-0.25, -0.2) is 15.0 Å². The molecule has 7 aromatic carbocycles. The predicted octanol–water partition coefficient (Wildman–Crippen LogP) is 10.7. The fourth-order valence-corrected chi connectivity index (χ4v) is 7.96. The number of fused-ring (bicyclic) bond motifs is 6. The Balaban J connectivity index is 1.28. The number of para-hydroxylation sites is 2. The third kappa shape index (κ3) is 4.15. The van der Waals surface area contributed by atoms with Gasteiger partial charge >= 0.3 is 0 Å². The number of hydrogen-bond donors (Lipinski definition) is 0. The summed E-state index contributed by atoms with van der Waals surface area (Å²) in [4.78, 5) is 16.1. The third-order valence-corrected chi connectivity index (χ3v) is 10.1. The number of benzene rings is 7. The molecule has 4 heteroatoms. The van der Waals surface area contributed by atoms with Crippen LogP contribution < -0.4 is 0 Å². The van der Waals surface area contributed by atoms with Crippen LogP contribution in [0.3, 0.4) is 0 Å². The summed E-state index contributed by atoms with van der Waals surface area (Å²) in [6, 6.07) is 64.1. The Morgan fingerprint density at radius 1 is 0.400 bits per heavy atom. The second kappa shape index (κ2) is 11.2. The van der Waals surface area contributed by atoms with Crippen molar-refractivity contribution in [3.8, 4) is 39.6 Å². The lowest BCUT2D eigenvalue weighted by molar-refractivity contribution is 0.692. The lowest BCUT2D eigenvalue weighted by atomic mass is 9.71. The number of aromatic nitrogens is 4. The van der Waals surface area contributed by atoms with E-state index in [1.807, 2.05) is 18.2 Å². The molecule has 0 aliphatic heterocycles. The first-order valence-electron chi connectivity index (χ1n) is 17.0. The molecule has 0 amide bonds. The minimum absolute atomic E-state index is 0.643. The van der Waals surface area contributed by atoms with Crippen molar-refractivity contribution in [3.63, 3.8) is 0 Å². The van der Waals surface area contributed by atoms with Gasteiger partial charge < -0.3 is 4.57 Å². The summed E-state index contributed by atoms with van der Waals surface area (Å²) < 4.78 is 2.33. The van der Waals surface area contributed by atoms with E-state index in [1.165, 1.54) is 27.6 Å². The van der Waals surface area contributed by atoms with Crippen molar-refractivity contribution in [1.29, 1.82) is 0 Å². The van der Waals surface area contributed by atoms with Crippen LogP contribution in [0.2, 0.25) is 0 Å². The van der Waals surface area contributed by atoms with Crippen LogP contribution in [-0.4, -0.2) is 19.5 Å². The van der Waals surface area contributed by atoms with Crippen molar-refractivity contribution in [2.24, 2.45) is 0 Å². The summed E-state index contributed by atoms with van der Waals surface area (Å²) in [6.07, 6.45) is 0. The van der Waals surface area contributed by atoms with E-state index in [0.717, 1.165) is 38.8 Å². The molecule has 9 aromatic rings. The van der Waals surface area contributed by atoms with Crippen LogP contribution in [0, 0.1) is 0 Å². The molecule has 2 heterocycles. The van der Waals surface area contributed by atoms with Gasteiger partial charge in [0.05, 0.1) is 11.0 Å². The van der Waals surface area contributed by atoms with Crippen LogP contribution in [-0.2, 0) is 5.41 Å².